The Balaban J connectivity index is 1.49. The zero-order valence-electron chi connectivity index (χ0n) is 22.3. The maximum absolute atomic E-state index is 13.3. The van der Waals surface area contributed by atoms with E-state index in [1.807, 2.05) is 30.9 Å². The van der Waals surface area contributed by atoms with Gasteiger partial charge in [-0.15, -0.1) is 0 Å². The zero-order valence-corrected chi connectivity index (χ0v) is 22.3. The van der Waals surface area contributed by atoms with E-state index in [1.165, 1.54) is 7.11 Å². The van der Waals surface area contributed by atoms with Crippen LogP contribution in [0.5, 0.6) is 5.75 Å². The summed E-state index contributed by atoms with van der Waals surface area (Å²) >= 11 is 0. The van der Waals surface area contributed by atoms with Crippen molar-refractivity contribution in [3.63, 3.8) is 0 Å². The lowest BCUT2D eigenvalue weighted by Gasteiger charge is -2.35. The predicted octanol–water partition coefficient (Wildman–Crippen LogP) is 3.33. The van der Waals surface area contributed by atoms with Crippen LogP contribution in [0.25, 0.3) is 11.1 Å². The van der Waals surface area contributed by atoms with E-state index < -0.39 is 17.9 Å². The Morgan fingerprint density at radius 1 is 1.10 bits per heavy atom. The Bertz CT molecular complexity index is 1370. The van der Waals surface area contributed by atoms with Gasteiger partial charge in [-0.3, -0.25) is 14.5 Å². The fourth-order valence-corrected chi connectivity index (χ4v) is 4.78. The second-order valence-electron chi connectivity index (χ2n) is 9.69. The molecule has 2 atom stereocenters. The number of aryl methyl sites for hydroxylation is 1. The number of hydrogen-bond acceptors (Lipinski definition) is 7. The molecule has 9 nitrogen and oxygen atoms in total. The van der Waals surface area contributed by atoms with Crippen molar-refractivity contribution in [3.8, 4) is 16.9 Å². The number of phenols is 1. The molecule has 0 unspecified atom stereocenters. The van der Waals surface area contributed by atoms with Gasteiger partial charge in [0.05, 0.1) is 31.9 Å². The number of aromatic hydroxyl groups is 1. The number of carbonyl (C=O) groups is 3. The number of methoxy groups -OCH3 is 1. The first-order valence-corrected chi connectivity index (χ1v) is 12.7. The minimum absolute atomic E-state index is 0.110. The molecule has 0 spiro atoms. The quantitative estimate of drug-likeness (QED) is 0.380. The SMILES string of the molecule is COC(=O)c1ccc([C@@H](C)NC(=O)[C@H]2COCCN2Cc2cc(O)cc(-c3ccc(C(N)=O)cc3C)c2)cc1. The van der Waals surface area contributed by atoms with Gasteiger partial charge in [0.1, 0.15) is 11.8 Å². The van der Waals surface area contributed by atoms with E-state index in [9.17, 15) is 19.5 Å². The molecule has 0 bridgehead atoms. The average molecular weight is 532 g/mol. The maximum Gasteiger partial charge on any atom is 0.337 e. The molecule has 1 heterocycles. The van der Waals surface area contributed by atoms with Crippen molar-refractivity contribution in [2.75, 3.05) is 26.9 Å². The smallest absolute Gasteiger partial charge is 0.337 e. The highest BCUT2D eigenvalue weighted by Gasteiger charge is 2.30. The van der Waals surface area contributed by atoms with Gasteiger partial charge < -0.3 is 25.6 Å². The van der Waals surface area contributed by atoms with Crippen molar-refractivity contribution in [1.82, 2.24) is 10.2 Å². The normalized spacial score (nSPS) is 16.3. The van der Waals surface area contributed by atoms with Crippen LogP contribution in [0, 0.1) is 6.92 Å². The Hall–Kier alpha value is -4.21. The Labute approximate surface area is 227 Å². The lowest BCUT2D eigenvalue weighted by molar-refractivity contribution is -0.133. The van der Waals surface area contributed by atoms with Gasteiger partial charge in [-0.05, 0) is 84.1 Å². The highest BCUT2D eigenvalue weighted by atomic mass is 16.5. The summed E-state index contributed by atoms with van der Waals surface area (Å²) in [5.74, 6) is -0.969. The Kier molecular flexibility index (Phi) is 8.63. The Morgan fingerprint density at radius 2 is 1.82 bits per heavy atom. The van der Waals surface area contributed by atoms with E-state index >= 15 is 0 Å². The summed E-state index contributed by atoms with van der Waals surface area (Å²) in [6.45, 7) is 5.50. The lowest BCUT2D eigenvalue weighted by atomic mass is 9.96. The van der Waals surface area contributed by atoms with Gasteiger partial charge in [0.25, 0.3) is 0 Å². The summed E-state index contributed by atoms with van der Waals surface area (Å²) in [7, 11) is 1.33. The first-order chi connectivity index (χ1) is 18.7. The number of rotatable bonds is 8. The minimum atomic E-state index is -0.516. The second kappa shape index (κ2) is 12.1. The van der Waals surface area contributed by atoms with Gasteiger partial charge in [0, 0.05) is 18.7 Å². The number of phenolic OH excluding ortho intramolecular Hbond substituents is 1. The third kappa shape index (κ3) is 6.63. The van der Waals surface area contributed by atoms with Crippen LogP contribution < -0.4 is 11.1 Å². The van der Waals surface area contributed by atoms with Crippen LogP contribution in [0.4, 0.5) is 0 Å². The van der Waals surface area contributed by atoms with Gasteiger partial charge in [-0.1, -0.05) is 18.2 Å². The topological polar surface area (TPSA) is 131 Å². The van der Waals surface area contributed by atoms with Crippen molar-refractivity contribution in [2.24, 2.45) is 5.73 Å². The molecule has 4 rings (SSSR count). The molecule has 3 aromatic rings. The van der Waals surface area contributed by atoms with Gasteiger partial charge in [-0.2, -0.15) is 0 Å². The van der Waals surface area contributed by atoms with E-state index in [2.05, 4.69) is 5.32 Å². The first kappa shape index (κ1) is 27.8. The molecule has 2 amide bonds. The molecular formula is C30H33N3O6. The number of nitrogens with two attached hydrogens (primary N) is 1. The summed E-state index contributed by atoms with van der Waals surface area (Å²) in [6, 6.07) is 16.7. The summed E-state index contributed by atoms with van der Waals surface area (Å²) in [4.78, 5) is 38.6. The zero-order chi connectivity index (χ0) is 28.1. The predicted molar refractivity (Wildman–Crippen MR) is 146 cm³/mol. The number of benzene rings is 3. The fraction of sp³-hybridized carbons (Fsp3) is 0.300. The number of nitrogens with zero attached hydrogens (tertiary/aromatic N) is 1. The fourth-order valence-electron chi connectivity index (χ4n) is 4.78. The van der Waals surface area contributed by atoms with Crippen LogP contribution in [-0.2, 0) is 20.8 Å². The van der Waals surface area contributed by atoms with Gasteiger partial charge in [0.15, 0.2) is 0 Å². The number of hydrogen-bond donors (Lipinski definition) is 3. The average Bonchev–Trinajstić information content (AvgIpc) is 2.92. The number of morpholine rings is 1. The third-order valence-electron chi connectivity index (χ3n) is 6.92. The van der Waals surface area contributed by atoms with Crippen LogP contribution in [0.2, 0.25) is 0 Å². The van der Waals surface area contributed by atoms with E-state index in [0.717, 1.165) is 27.8 Å². The molecule has 204 valence electrons. The lowest BCUT2D eigenvalue weighted by Crippen LogP contribution is -2.53. The van der Waals surface area contributed by atoms with Crippen molar-refractivity contribution in [1.29, 1.82) is 0 Å². The Morgan fingerprint density at radius 3 is 2.49 bits per heavy atom. The molecule has 1 fully saturated rings. The summed E-state index contributed by atoms with van der Waals surface area (Å²) < 4.78 is 10.4. The molecule has 1 saturated heterocycles. The monoisotopic (exact) mass is 531 g/mol. The highest BCUT2D eigenvalue weighted by molar-refractivity contribution is 5.93. The van der Waals surface area contributed by atoms with Gasteiger partial charge in [0.2, 0.25) is 11.8 Å². The number of ether oxygens (including phenoxy) is 2. The largest absolute Gasteiger partial charge is 0.508 e. The van der Waals surface area contributed by atoms with Gasteiger partial charge in [-0.25, -0.2) is 4.79 Å². The number of amides is 2. The summed E-state index contributed by atoms with van der Waals surface area (Å²) in [5.41, 5.74) is 10.5. The molecule has 0 aromatic heterocycles. The summed E-state index contributed by atoms with van der Waals surface area (Å²) in [6.07, 6.45) is 0. The molecule has 0 radical (unpaired) electrons. The van der Waals surface area contributed by atoms with Crippen LogP contribution in [-0.4, -0.2) is 60.7 Å². The van der Waals surface area contributed by atoms with E-state index in [1.54, 1.807) is 48.5 Å². The van der Waals surface area contributed by atoms with Crippen LogP contribution in [0.3, 0.4) is 0 Å². The molecule has 9 heteroatoms. The van der Waals surface area contributed by atoms with Crippen molar-refractivity contribution in [3.05, 3.63) is 88.5 Å². The first-order valence-electron chi connectivity index (χ1n) is 12.7. The highest BCUT2D eigenvalue weighted by Crippen LogP contribution is 2.30. The number of nitrogens with one attached hydrogen (secondary N) is 1. The second-order valence-corrected chi connectivity index (χ2v) is 9.69. The third-order valence-corrected chi connectivity index (χ3v) is 6.92. The number of primary amides is 1. The standard InChI is InChI=1S/C30H33N3O6/c1-18-12-23(28(31)35)8-9-26(18)24-13-20(14-25(34)15-24)16-33-10-11-39-17-27(33)29(36)32-19(2)21-4-6-22(7-5-21)30(37)38-3/h4-9,12-15,19,27,34H,10-11,16-17H2,1-3H3,(H2,31,35)(H,32,36)/t19-,27-/m1/s1. The molecular weight excluding hydrogens is 498 g/mol. The van der Waals surface area contributed by atoms with Gasteiger partial charge >= 0.3 is 5.97 Å². The van der Waals surface area contributed by atoms with Crippen molar-refractivity contribution < 1.29 is 29.0 Å². The van der Waals surface area contributed by atoms with Crippen LogP contribution in [0.1, 0.15) is 50.4 Å². The molecule has 39 heavy (non-hydrogen) atoms. The van der Waals surface area contributed by atoms with Crippen molar-refractivity contribution in [2.45, 2.75) is 32.5 Å². The molecule has 1 aliphatic heterocycles. The molecule has 0 aliphatic carbocycles. The maximum atomic E-state index is 13.3. The van der Waals surface area contributed by atoms with Crippen molar-refractivity contribution >= 4 is 17.8 Å². The molecule has 1 aliphatic rings. The molecule has 0 saturated carbocycles. The van der Waals surface area contributed by atoms with Crippen LogP contribution >= 0.6 is 0 Å². The molecule has 4 N–H and O–H groups in total. The molecule has 3 aromatic carbocycles. The number of carbonyl (C=O) groups excluding carboxylic acids is 3. The van der Waals surface area contributed by atoms with Crippen LogP contribution in [0.15, 0.2) is 60.7 Å². The van der Waals surface area contributed by atoms with E-state index in [4.69, 9.17) is 15.2 Å². The van der Waals surface area contributed by atoms with E-state index in [-0.39, 0.29) is 24.3 Å². The number of esters is 1. The minimum Gasteiger partial charge on any atom is -0.508 e. The summed E-state index contributed by atoms with van der Waals surface area (Å²) in [5, 5.41) is 13.5. The van der Waals surface area contributed by atoms with E-state index in [0.29, 0.717) is 30.8 Å².